The van der Waals surface area contributed by atoms with Gasteiger partial charge in [0.2, 0.25) is 0 Å². The zero-order valence-electron chi connectivity index (χ0n) is 10.2. The quantitative estimate of drug-likeness (QED) is 0.909. The summed E-state index contributed by atoms with van der Waals surface area (Å²) in [5.74, 6) is -0.262. The van der Waals surface area contributed by atoms with Crippen LogP contribution >= 0.6 is 11.8 Å². The van der Waals surface area contributed by atoms with Gasteiger partial charge in [-0.15, -0.1) is 0 Å². The van der Waals surface area contributed by atoms with Gasteiger partial charge in [0.15, 0.2) is 0 Å². The zero-order valence-corrected chi connectivity index (χ0v) is 11.1. The topological polar surface area (TPSA) is 24.9 Å². The van der Waals surface area contributed by atoms with E-state index in [4.69, 9.17) is 0 Å². The van der Waals surface area contributed by atoms with Crippen molar-refractivity contribution in [1.29, 1.82) is 0 Å². The van der Waals surface area contributed by atoms with Crippen LogP contribution in [0.1, 0.15) is 12.8 Å². The molecule has 94 valence electrons. The molecule has 0 spiro atoms. The lowest BCUT2D eigenvalue weighted by molar-refractivity contribution is 0.637. The summed E-state index contributed by atoms with van der Waals surface area (Å²) in [6.07, 6.45) is 6.34. The minimum atomic E-state index is -0.262. The molecule has 0 radical (unpaired) electrons. The summed E-state index contributed by atoms with van der Waals surface area (Å²) in [7, 11) is 0. The first-order valence-electron chi connectivity index (χ1n) is 6.06. The molecule has 2 aromatic rings. The molecule has 1 heterocycles. The third-order valence-electron chi connectivity index (χ3n) is 3.56. The second kappa shape index (κ2) is 4.43. The standard InChI is InChI=1S/C14H15FN2S/c1-18-14(6-7-14)9-17-12-5-8-16-13-10(12)3-2-4-11(13)15/h2-5,8H,6-7,9H2,1H3,(H,16,17). The van der Waals surface area contributed by atoms with Crippen LogP contribution in [-0.4, -0.2) is 22.5 Å². The van der Waals surface area contributed by atoms with E-state index in [1.807, 2.05) is 23.9 Å². The maximum absolute atomic E-state index is 13.6. The molecule has 0 unspecified atom stereocenters. The Kier molecular flexibility index (Phi) is 2.90. The van der Waals surface area contributed by atoms with E-state index in [1.54, 1.807) is 12.3 Å². The van der Waals surface area contributed by atoms with Gasteiger partial charge in [-0.2, -0.15) is 11.8 Å². The van der Waals surface area contributed by atoms with Gasteiger partial charge in [-0.25, -0.2) is 4.39 Å². The number of hydrogen-bond donors (Lipinski definition) is 1. The largest absolute Gasteiger partial charge is 0.383 e. The Morgan fingerprint density at radius 3 is 2.94 bits per heavy atom. The minimum Gasteiger partial charge on any atom is -0.383 e. The summed E-state index contributed by atoms with van der Waals surface area (Å²) in [5, 5.41) is 4.30. The Labute approximate surface area is 110 Å². The molecular formula is C14H15FN2S. The number of benzene rings is 1. The van der Waals surface area contributed by atoms with Crippen LogP contribution in [0.3, 0.4) is 0 Å². The van der Waals surface area contributed by atoms with Gasteiger partial charge in [-0.05, 0) is 31.2 Å². The molecule has 1 aromatic heterocycles. The van der Waals surface area contributed by atoms with Crippen LogP contribution in [0.5, 0.6) is 0 Å². The number of nitrogens with one attached hydrogen (secondary N) is 1. The minimum absolute atomic E-state index is 0.262. The molecule has 0 amide bonds. The number of para-hydroxylation sites is 1. The van der Waals surface area contributed by atoms with Gasteiger partial charge < -0.3 is 5.32 Å². The number of aromatic nitrogens is 1. The maximum Gasteiger partial charge on any atom is 0.149 e. The Morgan fingerprint density at radius 2 is 2.22 bits per heavy atom. The van der Waals surface area contributed by atoms with E-state index in [9.17, 15) is 4.39 Å². The van der Waals surface area contributed by atoms with Crippen LogP contribution in [0.25, 0.3) is 10.9 Å². The highest BCUT2D eigenvalue weighted by molar-refractivity contribution is 8.00. The average molecular weight is 262 g/mol. The Bertz CT molecular complexity index is 581. The summed E-state index contributed by atoms with van der Waals surface area (Å²) >= 11 is 1.91. The number of hydrogen-bond acceptors (Lipinski definition) is 3. The predicted molar refractivity (Wildman–Crippen MR) is 75.7 cm³/mol. The van der Waals surface area contributed by atoms with Gasteiger partial charge in [0.1, 0.15) is 11.3 Å². The maximum atomic E-state index is 13.6. The van der Waals surface area contributed by atoms with Crippen LogP contribution in [-0.2, 0) is 0 Å². The first-order chi connectivity index (χ1) is 8.74. The second-order valence-corrected chi connectivity index (χ2v) is 6.01. The fraction of sp³-hybridized carbons (Fsp3) is 0.357. The molecule has 4 heteroatoms. The lowest BCUT2D eigenvalue weighted by atomic mass is 10.2. The molecule has 18 heavy (non-hydrogen) atoms. The second-order valence-electron chi connectivity index (χ2n) is 4.74. The molecule has 1 fully saturated rings. The Hall–Kier alpha value is -1.29. The molecule has 1 aliphatic carbocycles. The third kappa shape index (κ3) is 2.05. The SMILES string of the molecule is CSC1(CNc2ccnc3c(F)cccc23)CC1. The number of nitrogens with zero attached hydrogens (tertiary/aromatic N) is 1. The van der Waals surface area contributed by atoms with E-state index in [0.29, 0.717) is 10.3 Å². The van der Waals surface area contributed by atoms with Crippen molar-refractivity contribution in [3.8, 4) is 0 Å². The molecule has 1 N–H and O–H groups in total. The number of halogens is 1. The number of thioether (sulfide) groups is 1. The van der Waals surface area contributed by atoms with Crippen molar-refractivity contribution in [3.63, 3.8) is 0 Å². The van der Waals surface area contributed by atoms with Gasteiger partial charge in [-0.3, -0.25) is 4.98 Å². The number of rotatable bonds is 4. The lowest BCUT2D eigenvalue weighted by Gasteiger charge is -2.15. The van der Waals surface area contributed by atoms with E-state index in [1.165, 1.54) is 18.9 Å². The van der Waals surface area contributed by atoms with E-state index < -0.39 is 0 Å². The van der Waals surface area contributed by atoms with Crippen LogP contribution in [0.15, 0.2) is 30.5 Å². The van der Waals surface area contributed by atoms with Crippen molar-refractivity contribution in [2.75, 3.05) is 18.1 Å². The number of anilines is 1. The highest BCUT2D eigenvalue weighted by Gasteiger charge is 2.41. The van der Waals surface area contributed by atoms with Crippen molar-refractivity contribution < 1.29 is 4.39 Å². The molecule has 2 nitrogen and oxygen atoms in total. The van der Waals surface area contributed by atoms with Crippen molar-refractivity contribution >= 4 is 28.4 Å². The summed E-state index contributed by atoms with van der Waals surface area (Å²) in [6.45, 7) is 0.934. The van der Waals surface area contributed by atoms with Crippen LogP contribution in [0.4, 0.5) is 10.1 Å². The molecule has 0 atom stereocenters. The lowest BCUT2D eigenvalue weighted by Crippen LogP contribution is -2.17. The first kappa shape index (κ1) is 11.8. The highest BCUT2D eigenvalue weighted by Crippen LogP contribution is 2.47. The van der Waals surface area contributed by atoms with E-state index in [-0.39, 0.29) is 5.82 Å². The third-order valence-corrected chi connectivity index (χ3v) is 4.98. The molecule has 3 rings (SSSR count). The normalized spacial score (nSPS) is 16.8. The van der Waals surface area contributed by atoms with Crippen LogP contribution in [0.2, 0.25) is 0 Å². The molecular weight excluding hydrogens is 247 g/mol. The summed E-state index contributed by atoms with van der Waals surface area (Å²) < 4.78 is 14.0. The monoisotopic (exact) mass is 262 g/mol. The van der Waals surface area contributed by atoms with Crippen molar-refractivity contribution in [2.24, 2.45) is 0 Å². The Morgan fingerprint density at radius 1 is 1.39 bits per heavy atom. The van der Waals surface area contributed by atoms with Gasteiger partial charge in [0.05, 0.1) is 0 Å². The molecule has 1 saturated carbocycles. The van der Waals surface area contributed by atoms with Crippen molar-refractivity contribution in [1.82, 2.24) is 4.98 Å². The molecule has 1 aromatic carbocycles. The smallest absolute Gasteiger partial charge is 0.149 e. The molecule has 0 saturated heterocycles. The van der Waals surface area contributed by atoms with E-state index >= 15 is 0 Å². The van der Waals surface area contributed by atoms with Gasteiger partial charge in [0.25, 0.3) is 0 Å². The van der Waals surface area contributed by atoms with Crippen molar-refractivity contribution in [3.05, 3.63) is 36.3 Å². The first-order valence-corrected chi connectivity index (χ1v) is 7.29. The fourth-order valence-electron chi connectivity index (χ4n) is 2.14. The van der Waals surface area contributed by atoms with Crippen LogP contribution < -0.4 is 5.32 Å². The summed E-state index contributed by atoms with van der Waals surface area (Å²) in [6, 6.07) is 7.00. The average Bonchev–Trinajstić information content (AvgIpc) is 3.18. The van der Waals surface area contributed by atoms with Crippen molar-refractivity contribution in [2.45, 2.75) is 17.6 Å². The van der Waals surface area contributed by atoms with Crippen LogP contribution in [0, 0.1) is 5.82 Å². The van der Waals surface area contributed by atoms with Gasteiger partial charge in [-0.1, -0.05) is 12.1 Å². The van der Waals surface area contributed by atoms with E-state index in [2.05, 4.69) is 16.6 Å². The van der Waals surface area contributed by atoms with Gasteiger partial charge >= 0.3 is 0 Å². The fourth-order valence-corrected chi connectivity index (χ4v) is 2.87. The summed E-state index contributed by atoms with van der Waals surface area (Å²) in [4.78, 5) is 4.10. The number of fused-ring (bicyclic) bond motifs is 1. The zero-order chi connectivity index (χ0) is 12.6. The van der Waals surface area contributed by atoms with Gasteiger partial charge in [0, 0.05) is 28.6 Å². The molecule has 1 aliphatic rings. The number of pyridine rings is 1. The summed E-state index contributed by atoms with van der Waals surface area (Å²) in [5.41, 5.74) is 1.41. The molecule has 0 bridgehead atoms. The molecule has 0 aliphatic heterocycles. The predicted octanol–water partition coefficient (Wildman–Crippen LogP) is 3.68. The van der Waals surface area contributed by atoms with E-state index in [0.717, 1.165) is 17.6 Å². The Balaban J connectivity index is 1.90. The highest BCUT2D eigenvalue weighted by atomic mass is 32.2.